The Morgan fingerprint density at radius 3 is 1.33 bits per heavy atom. The Labute approximate surface area is 50.2 Å². The van der Waals surface area contributed by atoms with Gasteiger partial charge in [0.1, 0.15) is 0 Å². The summed E-state index contributed by atoms with van der Waals surface area (Å²) in [7, 11) is 12.4. The smallest absolute Gasteiger partial charge is 0.103 e. The van der Waals surface area contributed by atoms with Crippen LogP contribution in [-0.2, 0) is 0 Å². The Kier molecular flexibility index (Phi) is 6.38. The predicted molar refractivity (Wildman–Crippen MR) is 49.9 cm³/mol. The molecule has 0 bridgehead atoms. The summed E-state index contributed by atoms with van der Waals surface area (Å²) in [6, 6.07) is 0. The van der Waals surface area contributed by atoms with Gasteiger partial charge in [-0.15, -0.1) is 24.8 Å². The highest BCUT2D eigenvalue weighted by Crippen LogP contribution is 2.86. The zero-order valence-corrected chi connectivity index (χ0v) is 9.15. The maximum Gasteiger partial charge on any atom is -0.103 e. The van der Waals surface area contributed by atoms with E-state index in [1.165, 1.54) is 0 Å². The topological polar surface area (TPSA) is 0 Å². The largest absolute Gasteiger partial charge is 0.553 e. The van der Waals surface area contributed by atoms with Crippen LogP contribution in [0.4, 0.5) is 0 Å². The fraction of sp³-hybridized carbons (Fsp3) is 0. The molecule has 2 atom stereocenters. The van der Waals surface area contributed by atoms with Crippen molar-refractivity contribution in [2.24, 2.45) is 0 Å². The van der Waals surface area contributed by atoms with E-state index in [1.54, 1.807) is 0 Å². The van der Waals surface area contributed by atoms with Gasteiger partial charge >= 0.3 is 0 Å². The Balaban J connectivity index is 2.99. The lowest BCUT2D eigenvalue weighted by Crippen LogP contribution is -1.14. The van der Waals surface area contributed by atoms with Gasteiger partial charge in [0.05, 0.1) is 0 Å². The van der Waals surface area contributed by atoms with E-state index in [9.17, 15) is 0 Å². The summed E-state index contributed by atoms with van der Waals surface area (Å²) < 4.78 is 0. The maximum atomic E-state index is 3.45. The number of hydrogen-bond acceptors (Lipinski definition) is 0. The van der Waals surface area contributed by atoms with Gasteiger partial charge in [0.15, 0.2) is 0 Å². The molecule has 0 fully saturated rings. The third-order valence-corrected chi connectivity index (χ3v) is 18.7. The summed E-state index contributed by atoms with van der Waals surface area (Å²) in [4.78, 5) is 0. The van der Waals surface area contributed by atoms with Crippen LogP contribution in [0.2, 0.25) is 0 Å². The molecule has 2 unspecified atom stereocenters. The molecule has 0 aromatic rings. The van der Waals surface area contributed by atoms with Crippen LogP contribution in [0.15, 0.2) is 0 Å². The van der Waals surface area contributed by atoms with Crippen LogP contribution in [0.5, 0.6) is 0 Å². The molecule has 0 aliphatic carbocycles. The van der Waals surface area contributed by atoms with E-state index in [1.807, 2.05) is 0 Å². The first kappa shape index (κ1) is 8.58. The van der Waals surface area contributed by atoms with E-state index < -0.39 is 0 Å². The fourth-order valence-electron chi connectivity index (χ4n) is 0. The van der Waals surface area contributed by atoms with Crippen molar-refractivity contribution >= 4 is 49.7 Å². The highest BCUT2D eigenvalue weighted by Gasteiger charge is 1.75. The van der Waals surface area contributed by atoms with Crippen molar-refractivity contribution < 1.29 is 0 Å². The van der Waals surface area contributed by atoms with Crippen molar-refractivity contribution in [2.45, 2.75) is 0 Å². The monoisotopic (exact) mass is 192 g/mol. The van der Waals surface area contributed by atoms with E-state index >= 15 is 0 Å². The SMILES string of the molecule is [PH-]P([PH-])P(P)P. The van der Waals surface area contributed by atoms with Crippen LogP contribution in [-0.4, -0.2) is 0 Å². The minimum atomic E-state index is -0.0576. The second-order valence-corrected chi connectivity index (χ2v) is 18.7. The van der Waals surface area contributed by atoms with Crippen molar-refractivity contribution in [3.05, 3.63) is 0 Å². The molecule has 0 aliphatic heterocycles. The number of hydrogen-bond donors (Lipinski definition) is 0. The highest BCUT2D eigenvalue weighted by molar-refractivity contribution is 8.92. The Morgan fingerprint density at radius 1 is 1.17 bits per heavy atom. The lowest BCUT2D eigenvalue weighted by molar-refractivity contribution is 4.92. The molecule has 0 rings (SSSR count). The van der Waals surface area contributed by atoms with Crippen LogP contribution in [0.25, 0.3) is 0 Å². The fourth-order valence-corrected chi connectivity index (χ4v) is 0. The highest BCUT2D eigenvalue weighted by atomic mass is 33.0. The minimum Gasteiger partial charge on any atom is -0.553 e. The van der Waals surface area contributed by atoms with Gasteiger partial charge in [-0.05, 0) is 0 Å². The first-order chi connectivity index (χ1) is 2.64. The lowest BCUT2D eigenvalue weighted by Gasteiger charge is -2.31. The van der Waals surface area contributed by atoms with Crippen molar-refractivity contribution in [3.8, 4) is 0 Å². The molecule has 38 valence electrons. The van der Waals surface area contributed by atoms with Gasteiger partial charge < -0.3 is 24.8 Å². The summed E-state index contributed by atoms with van der Waals surface area (Å²) in [6.07, 6.45) is 0. The van der Waals surface area contributed by atoms with Gasteiger partial charge in [-0.25, -0.2) is 0 Å². The van der Waals surface area contributed by atoms with E-state index in [4.69, 9.17) is 0 Å². The van der Waals surface area contributed by atoms with Crippen LogP contribution in [0.3, 0.4) is 0 Å². The van der Waals surface area contributed by atoms with Gasteiger partial charge in [0.2, 0.25) is 0 Å². The summed E-state index contributed by atoms with van der Waals surface area (Å²) in [5.41, 5.74) is 0. The standard InChI is InChI=1S/H6P6/c1-5(2)6(3)4/h1-2H,3-4H2/q-2. The minimum absolute atomic E-state index is 0.0576. The quantitative estimate of drug-likeness (QED) is 0.557. The molecule has 0 saturated carbocycles. The summed E-state index contributed by atoms with van der Waals surface area (Å²) in [6.45, 7) is 0.00823. The van der Waals surface area contributed by atoms with Crippen LogP contribution < -0.4 is 0 Å². The Morgan fingerprint density at radius 2 is 1.33 bits per heavy atom. The molecule has 0 N–H and O–H groups in total. The first-order valence-electron chi connectivity index (χ1n) is 1.16. The second kappa shape index (κ2) is 4.46. The van der Waals surface area contributed by atoms with Crippen LogP contribution in [0.1, 0.15) is 0 Å². The molecule has 6 heavy (non-hydrogen) atoms. The van der Waals surface area contributed by atoms with Gasteiger partial charge in [-0.3, -0.25) is 0 Å². The molecule has 0 radical (unpaired) electrons. The second-order valence-electron chi connectivity index (χ2n) is 0.692. The molecule has 6 heteroatoms. The summed E-state index contributed by atoms with van der Waals surface area (Å²) in [5, 5.41) is 0. The average molecular weight is 192 g/mol. The first-order valence-corrected chi connectivity index (χ1v) is 10.5. The predicted octanol–water partition coefficient (Wildman–Crippen LogP) is 3.56. The lowest BCUT2D eigenvalue weighted by atomic mass is 29.0. The Bertz CT molecular complexity index is 21.0. The molecule has 0 heterocycles. The molecule has 0 aromatic heterocycles. The normalized spacial score (nSPS) is 11.0. The Hall–Kier alpha value is 2.58. The van der Waals surface area contributed by atoms with Crippen molar-refractivity contribution in [1.29, 1.82) is 0 Å². The zero-order chi connectivity index (χ0) is 5.15. The van der Waals surface area contributed by atoms with Gasteiger partial charge in [0.25, 0.3) is 0 Å². The van der Waals surface area contributed by atoms with Gasteiger partial charge in [-0.1, -0.05) is 0 Å². The van der Waals surface area contributed by atoms with E-state index in [0.717, 1.165) is 0 Å². The van der Waals surface area contributed by atoms with Crippen LogP contribution in [0, 0.1) is 0 Å². The molecular weight excluding hydrogens is 186 g/mol. The third kappa shape index (κ3) is 4.73. The van der Waals surface area contributed by atoms with E-state index in [2.05, 4.69) is 35.7 Å². The summed E-state index contributed by atoms with van der Waals surface area (Å²) in [5.74, 6) is 0. The molecule has 0 aliphatic rings. The average Bonchev–Trinajstić information content (AvgIpc) is 1.36. The molecular formula is H6P6-2. The van der Waals surface area contributed by atoms with Gasteiger partial charge in [0, 0.05) is 0 Å². The van der Waals surface area contributed by atoms with Crippen molar-refractivity contribution in [2.75, 3.05) is 0 Å². The van der Waals surface area contributed by atoms with Gasteiger partial charge in [-0.2, -0.15) is 0 Å². The molecule has 0 saturated heterocycles. The molecule has 0 aromatic carbocycles. The molecule has 0 nitrogen and oxygen atoms in total. The van der Waals surface area contributed by atoms with Crippen molar-refractivity contribution in [1.82, 2.24) is 0 Å². The van der Waals surface area contributed by atoms with Crippen molar-refractivity contribution in [3.63, 3.8) is 0 Å². The van der Waals surface area contributed by atoms with Crippen LogP contribution >= 0.6 is 49.7 Å². The zero-order valence-electron chi connectivity index (χ0n) is 3.05. The maximum absolute atomic E-state index is 3.45. The third-order valence-electron chi connectivity index (χ3n) is 0.231. The summed E-state index contributed by atoms with van der Waals surface area (Å²) >= 11 is 0. The molecule has 0 spiro atoms. The number of rotatable bonds is 1. The molecule has 0 amide bonds. The van der Waals surface area contributed by atoms with E-state index in [0.29, 0.717) is 0 Å². The van der Waals surface area contributed by atoms with E-state index in [-0.39, 0.29) is 14.0 Å².